The molecule has 1 aromatic rings. The summed E-state index contributed by atoms with van der Waals surface area (Å²) in [6, 6.07) is 7.98. The average Bonchev–Trinajstić information content (AvgIpc) is 2.46. The number of hydrogen-bond acceptors (Lipinski definition) is 2. The summed E-state index contributed by atoms with van der Waals surface area (Å²) in [5.74, 6) is 1.30. The fourth-order valence-electron chi connectivity index (χ4n) is 4.67. The lowest BCUT2D eigenvalue weighted by Crippen LogP contribution is -2.60. The molecule has 0 spiro atoms. The van der Waals surface area contributed by atoms with Gasteiger partial charge in [0.1, 0.15) is 5.75 Å². The van der Waals surface area contributed by atoms with Crippen LogP contribution in [0.2, 0.25) is 0 Å². The molecule has 2 atom stereocenters. The van der Waals surface area contributed by atoms with Gasteiger partial charge in [0.2, 0.25) is 0 Å². The van der Waals surface area contributed by atoms with Crippen LogP contribution in [-0.4, -0.2) is 29.1 Å². The molecule has 2 fully saturated rings. The predicted molar refractivity (Wildman–Crippen MR) is 92.3 cm³/mol. The highest BCUT2D eigenvalue weighted by Crippen LogP contribution is 2.50. The Kier molecular flexibility index (Phi) is 4.24. The number of benzene rings is 1. The molecule has 122 valence electrons. The van der Waals surface area contributed by atoms with Crippen molar-refractivity contribution in [2.45, 2.75) is 69.7 Å². The lowest BCUT2D eigenvalue weighted by Gasteiger charge is -2.56. The van der Waals surface area contributed by atoms with Crippen molar-refractivity contribution in [3.8, 4) is 5.75 Å². The van der Waals surface area contributed by atoms with Crippen LogP contribution in [0.3, 0.4) is 0 Å². The van der Waals surface area contributed by atoms with Crippen molar-refractivity contribution in [3.05, 3.63) is 29.8 Å². The summed E-state index contributed by atoms with van der Waals surface area (Å²) < 4.78 is 0. The molecule has 2 aliphatic rings. The van der Waals surface area contributed by atoms with Gasteiger partial charge in [-0.15, -0.1) is 0 Å². The zero-order valence-corrected chi connectivity index (χ0v) is 14.4. The van der Waals surface area contributed by atoms with Gasteiger partial charge in [0.05, 0.1) is 0 Å². The zero-order valence-electron chi connectivity index (χ0n) is 14.4. The van der Waals surface area contributed by atoms with E-state index in [-0.39, 0.29) is 11.0 Å². The second kappa shape index (κ2) is 5.88. The summed E-state index contributed by atoms with van der Waals surface area (Å²) in [5, 5.41) is 9.95. The molecule has 0 aromatic heterocycles. The Morgan fingerprint density at radius 2 is 1.86 bits per heavy atom. The van der Waals surface area contributed by atoms with Crippen LogP contribution < -0.4 is 0 Å². The van der Waals surface area contributed by atoms with Gasteiger partial charge < -0.3 is 5.11 Å². The quantitative estimate of drug-likeness (QED) is 0.870. The van der Waals surface area contributed by atoms with Crippen molar-refractivity contribution in [1.82, 2.24) is 4.90 Å². The minimum Gasteiger partial charge on any atom is -0.508 e. The summed E-state index contributed by atoms with van der Waals surface area (Å²) in [4.78, 5) is 2.64. The Balaban J connectivity index is 1.91. The van der Waals surface area contributed by atoms with E-state index in [1.54, 1.807) is 6.07 Å². The fraction of sp³-hybridized carbons (Fsp3) is 0.700. The normalized spacial score (nSPS) is 32.9. The van der Waals surface area contributed by atoms with E-state index in [0.717, 1.165) is 5.92 Å². The molecule has 3 rings (SSSR count). The van der Waals surface area contributed by atoms with Gasteiger partial charge in [-0.25, -0.2) is 0 Å². The van der Waals surface area contributed by atoms with Crippen molar-refractivity contribution in [1.29, 1.82) is 0 Å². The largest absolute Gasteiger partial charge is 0.508 e. The Labute approximate surface area is 135 Å². The Morgan fingerprint density at radius 3 is 2.50 bits per heavy atom. The molecular formula is C20H31NO. The number of phenols is 1. The minimum absolute atomic E-state index is 0.114. The van der Waals surface area contributed by atoms with E-state index in [4.69, 9.17) is 0 Å². The molecule has 2 saturated carbocycles. The lowest BCUT2D eigenvalue weighted by atomic mass is 9.58. The van der Waals surface area contributed by atoms with Crippen LogP contribution in [0.15, 0.2) is 24.3 Å². The summed E-state index contributed by atoms with van der Waals surface area (Å²) in [6.07, 6.45) is 9.30. The van der Waals surface area contributed by atoms with Gasteiger partial charge in [-0.3, -0.25) is 4.90 Å². The summed E-state index contributed by atoms with van der Waals surface area (Å²) in [6.45, 7) is 6.10. The van der Waals surface area contributed by atoms with Crippen LogP contribution in [0.4, 0.5) is 0 Å². The monoisotopic (exact) mass is 301 g/mol. The van der Waals surface area contributed by atoms with Gasteiger partial charge in [-0.1, -0.05) is 38.3 Å². The van der Waals surface area contributed by atoms with Crippen LogP contribution in [0.1, 0.15) is 64.4 Å². The van der Waals surface area contributed by atoms with Crippen LogP contribution in [0.25, 0.3) is 0 Å². The van der Waals surface area contributed by atoms with Gasteiger partial charge in [0.15, 0.2) is 0 Å². The van der Waals surface area contributed by atoms with E-state index in [9.17, 15) is 5.11 Å². The molecule has 0 heterocycles. The van der Waals surface area contributed by atoms with Crippen LogP contribution in [0, 0.1) is 5.92 Å². The minimum atomic E-state index is 0.114. The van der Waals surface area contributed by atoms with E-state index in [1.165, 1.54) is 57.1 Å². The second-order valence-corrected chi connectivity index (χ2v) is 8.04. The number of aromatic hydroxyl groups is 1. The number of rotatable bonds is 4. The maximum Gasteiger partial charge on any atom is 0.115 e. The molecule has 0 saturated heterocycles. The maximum absolute atomic E-state index is 9.95. The van der Waals surface area contributed by atoms with E-state index >= 15 is 0 Å². The molecule has 2 unspecified atom stereocenters. The molecular weight excluding hydrogens is 270 g/mol. The molecule has 0 amide bonds. The third kappa shape index (κ3) is 2.56. The first-order valence-corrected chi connectivity index (χ1v) is 8.96. The highest BCUT2D eigenvalue weighted by molar-refractivity contribution is 5.36. The van der Waals surface area contributed by atoms with Gasteiger partial charge in [0, 0.05) is 17.5 Å². The molecule has 0 radical (unpaired) electrons. The van der Waals surface area contributed by atoms with E-state index in [2.05, 4.69) is 31.9 Å². The number of likely N-dealkylation sites (N-methyl/N-ethyl adjacent to an activating group) is 1. The van der Waals surface area contributed by atoms with Crippen molar-refractivity contribution < 1.29 is 5.11 Å². The highest BCUT2D eigenvalue weighted by atomic mass is 16.3. The average molecular weight is 301 g/mol. The molecule has 2 aliphatic carbocycles. The molecule has 22 heavy (non-hydrogen) atoms. The maximum atomic E-state index is 9.95. The van der Waals surface area contributed by atoms with Crippen molar-refractivity contribution in [3.63, 3.8) is 0 Å². The number of phenolic OH excluding ortho intramolecular Hbond substituents is 1. The van der Waals surface area contributed by atoms with Crippen molar-refractivity contribution in [2.75, 3.05) is 13.6 Å². The molecule has 0 bridgehead atoms. The first-order chi connectivity index (χ1) is 10.5. The van der Waals surface area contributed by atoms with Gasteiger partial charge in [0.25, 0.3) is 0 Å². The third-order valence-electron chi connectivity index (χ3n) is 6.86. The summed E-state index contributed by atoms with van der Waals surface area (Å²) >= 11 is 0. The second-order valence-electron chi connectivity index (χ2n) is 8.04. The Hall–Kier alpha value is -1.02. The standard InChI is InChI=1S/C20H31NO/c1-19(17-10-7-11-18(22)14-17)12-4-5-13-20(19,2)21(3)15-16-8-6-9-16/h7,10-11,14,16,22H,4-6,8-9,12-13,15H2,1-3H3. The first-order valence-electron chi connectivity index (χ1n) is 8.96. The summed E-state index contributed by atoms with van der Waals surface area (Å²) in [5.41, 5.74) is 1.59. The number of hydrogen-bond donors (Lipinski definition) is 1. The van der Waals surface area contributed by atoms with Crippen molar-refractivity contribution >= 4 is 0 Å². The van der Waals surface area contributed by atoms with Crippen LogP contribution >= 0.6 is 0 Å². The predicted octanol–water partition coefficient (Wildman–Crippen LogP) is 4.71. The Bertz CT molecular complexity index is 524. The topological polar surface area (TPSA) is 23.5 Å². The van der Waals surface area contributed by atoms with E-state index in [0.29, 0.717) is 5.75 Å². The Morgan fingerprint density at radius 1 is 1.14 bits per heavy atom. The van der Waals surface area contributed by atoms with Gasteiger partial charge >= 0.3 is 0 Å². The SMILES string of the molecule is CN(CC1CCC1)C1(C)CCCCC1(C)c1cccc(O)c1. The molecule has 1 aromatic carbocycles. The van der Waals surface area contributed by atoms with Crippen molar-refractivity contribution in [2.24, 2.45) is 5.92 Å². The fourth-order valence-corrected chi connectivity index (χ4v) is 4.67. The molecule has 2 nitrogen and oxygen atoms in total. The first kappa shape index (κ1) is 15.9. The highest BCUT2D eigenvalue weighted by Gasteiger charge is 2.50. The van der Waals surface area contributed by atoms with E-state index in [1.807, 2.05) is 12.1 Å². The zero-order chi connectivity index (χ0) is 15.8. The van der Waals surface area contributed by atoms with Crippen LogP contribution in [0.5, 0.6) is 5.75 Å². The van der Waals surface area contributed by atoms with E-state index < -0.39 is 0 Å². The molecule has 2 heteroatoms. The molecule has 0 aliphatic heterocycles. The van der Waals surface area contributed by atoms with Gasteiger partial charge in [-0.2, -0.15) is 0 Å². The van der Waals surface area contributed by atoms with Gasteiger partial charge in [-0.05, 0) is 63.3 Å². The lowest BCUT2D eigenvalue weighted by molar-refractivity contribution is -0.00106. The molecule has 1 N–H and O–H groups in total. The summed E-state index contributed by atoms with van der Waals surface area (Å²) in [7, 11) is 2.32. The number of nitrogens with zero attached hydrogens (tertiary/aromatic N) is 1. The smallest absolute Gasteiger partial charge is 0.115 e. The third-order valence-corrected chi connectivity index (χ3v) is 6.86. The van der Waals surface area contributed by atoms with Crippen LogP contribution in [-0.2, 0) is 5.41 Å².